The number of likely N-dealkylation sites (N-methyl/N-ethyl adjacent to an activating group) is 1. The molecular weight excluding hydrogens is 649 g/mol. The lowest BCUT2D eigenvalue weighted by Gasteiger charge is -2.31. The maximum atomic E-state index is 11.7. The number of hydrogen-bond donors (Lipinski definition) is 0. The monoisotopic (exact) mass is 706 g/mol. The van der Waals surface area contributed by atoms with Gasteiger partial charge in [-0.2, -0.15) is 0 Å². The van der Waals surface area contributed by atoms with Crippen LogP contribution in [0.25, 0.3) is 11.8 Å². The number of anilines is 1. The van der Waals surface area contributed by atoms with Crippen molar-refractivity contribution in [2.75, 3.05) is 18.5 Å². The van der Waals surface area contributed by atoms with Crippen molar-refractivity contribution in [3.63, 3.8) is 0 Å². The maximum Gasteiger partial charge on any atom is 0.196 e. The molecule has 2 unspecified atom stereocenters. The van der Waals surface area contributed by atoms with Crippen LogP contribution in [0.15, 0.2) is 117 Å². The van der Waals surface area contributed by atoms with Crippen LogP contribution < -0.4 is 4.90 Å². The molecule has 0 spiro atoms. The largest absolute Gasteiger partial charge is 0.369 e. The molecule has 5 heteroatoms. The molecule has 2 atom stereocenters. The smallest absolute Gasteiger partial charge is 0.196 e. The van der Waals surface area contributed by atoms with Gasteiger partial charge < -0.3 is 9.80 Å². The number of carbonyl (C=O) groups excluding carboxylic acids is 1. The predicted octanol–water partition coefficient (Wildman–Crippen LogP) is 10.8. The molecule has 0 bridgehead atoms. The standard InChI is InChI=1S/C48H58N4O/c1-10-39-33-45(28-29-46(39)35(5)51(9)43(11-2)26-14-34(3)4)52-32-12-13-44(52)27-20-38-17-23-41(24-18-38)48(7,8)40-21-15-37(16-22-40)19-25-42-30-31-49-47(50-42)36(6)53/h10-11,15-18,21-24,28-31,33,43-44H,1-3,5,12-14,19-20,25-27,32H2,4,6-9H3. The van der Waals surface area contributed by atoms with E-state index < -0.39 is 0 Å². The molecule has 1 aliphatic rings. The zero-order chi connectivity index (χ0) is 38.1. The summed E-state index contributed by atoms with van der Waals surface area (Å²) in [5, 5.41) is 0. The van der Waals surface area contributed by atoms with Gasteiger partial charge in [0.1, 0.15) is 0 Å². The van der Waals surface area contributed by atoms with Crippen molar-refractivity contribution < 1.29 is 4.79 Å². The average Bonchev–Trinajstić information content (AvgIpc) is 3.65. The molecule has 2 heterocycles. The second-order valence-electron chi connectivity index (χ2n) is 15.3. The van der Waals surface area contributed by atoms with Gasteiger partial charge in [0.2, 0.25) is 0 Å². The van der Waals surface area contributed by atoms with E-state index in [-0.39, 0.29) is 23.1 Å². The fourth-order valence-electron chi connectivity index (χ4n) is 7.54. The number of rotatable bonds is 18. The summed E-state index contributed by atoms with van der Waals surface area (Å²) in [5.74, 6) is 0.181. The minimum absolute atomic E-state index is 0.105. The molecule has 1 aliphatic heterocycles. The Morgan fingerprint density at radius 3 is 2.21 bits per heavy atom. The van der Waals surface area contributed by atoms with Crippen LogP contribution in [-0.2, 0) is 24.7 Å². The van der Waals surface area contributed by atoms with Crippen LogP contribution >= 0.6 is 0 Å². The van der Waals surface area contributed by atoms with E-state index in [4.69, 9.17) is 0 Å². The molecule has 53 heavy (non-hydrogen) atoms. The second-order valence-corrected chi connectivity index (χ2v) is 15.3. The molecular formula is C48H58N4O. The van der Waals surface area contributed by atoms with Gasteiger partial charge in [0.25, 0.3) is 0 Å². The van der Waals surface area contributed by atoms with Crippen LogP contribution in [-0.4, -0.2) is 46.3 Å². The molecule has 1 aromatic heterocycles. The molecule has 0 N–H and O–H groups in total. The summed E-state index contributed by atoms with van der Waals surface area (Å²) in [4.78, 5) is 25.0. The summed E-state index contributed by atoms with van der Waals surface area (Å²) in [5.41, 5.74) is 11.7. The zero-order valence-electron chi connectivity index (χ0n) is 32.7. The first-order chi connectivity index (χ1) is 25.4. The summed E-state index contributed by atoms with van der Waals surface area (Å²) >= 11 is 0. The Labute approximate surface area is 318 Å². The molecule has 5 rings (SSSR count). The highest BCUT2D eigenvalue weighted by molar-refractivity contribution is 5.90. The van der Waals surface area contributed by atoms with Crippen LogP contribution in [0.4, 0.5) is 5.69 Å². The second kappa shape index (κ2) is 17.7. The van der Waals surface area contributed by atoms with Crippen LogP contribution in [0, 0.1) is 0 Å². The number of benzene rings is 3. The SMILES string of the molecule is C=Cc1cc(N2CCCC2CCc2ccc(C(C)(C)c3ccc(CCc4ccnc(C(C)=O)n4)cc3)cc2)ccc1C(=C)N(C)C(C=C)CCC(=C)C. The highest BCUT2D eigenvalue weighted by atomic mass is 16.1. The van der Waals surface area contributed by atoms with Gasteiger partial charge in [-0.25, -0.2) is 9.97 Å². The zero-order valence-corrected chi connectivity index (χ0v) is 32.7. The maximum absolute atomic E-state index is 11.7. The first-order valence-corrected chi connectivity index (χ1v) is 19.1. The topological polar surface area (TPSA) is 49.3 Å². The van der Waals surface area contributed by atoms with Crippen molar-refractivity contribution in [3.05, 3.63) is 162 Å². The molecule has 1 fully saturated rings. The third kappa shape index (κ3) is 9.70. The molecule has 5 nitrogen and oxygen atoms in total. The lowest BCUT2D eigenvalue weighted by atomic mass is 9.77. The molecule has 0 saturated carbocycles. The summed E-state index contributed by atoms with van der Waals surface area (Å²) in [7, 11) is 2.11. The first-order valence-electron chi connectivity index (χ1n) is 19.1. The van der Waals surface area contributed by atoms with Gasteiger partial charge in [0.05, 0.1) is 0 Å². The van der Waals surface area contributed by atoms with Crippen molar-refractivity contribution in [2.24, 2.45) is 0 Å². The summed E-state index contributed by atoms with van der Waals surface area (Å²) in [6.07, 6.45) is 13.8. The van der Waals surface area contributed by atoms with E-state index in [0.717, 1.165) is 67.6 Å². The molecule has 0 aliphatic carbocycles. The Balaban J connectivity index is 1.18. The van der Waals surface area contributed by atoms with E-state index in [1.165, 1.54) is 53.3 Å². The molecule has 276 valence electrons. The minimum Gasteiger partial charge on any atom is -0.369 e. The fraction of sp³-hybridized carbons (Fsp3) is 0.354. The molecule has 4 aromatic rings. The number of Topliss-reactive ketones (excluding diaryl/α,β-unsaturated/α-hetero) is 1. The van der Waals surface area contributed by atoms with Crippen LogP contribution in [0.5, 0.6) is 0 Å². The molecule has 3 aromatic carbocycles. The first kappa shape index (κ1) is 39.2. The van der Waals surface area contributed by atoms with Crippen molar-refractivity contribution in [3.8, 4) is 0 Å². The van der Waals surface area contributed by atoms with Gasteiger partial charge in [-0.15, -0.1) is 13.2 Å². The number of allylic oxidation sites excluding steroid dienone is 1. The summed E-state index contributed by atoms with van der Waals surface area (Å²) in [6, 6.07) is 27.6. The minimum atomic E-state index is -0.116. The number of ketones is 1. The van der Waals surface area contributed by atoms with E-state index in [2.05, 4.69) is 141 Å². The Bertz CT molecular complexity index is 1920. The van der Waals surface area contributed by atoms with E-state index in [1.54, 1.807) is 6.20 Å². The number of nitrogens with zero attached hydrogens (tertiary/aromatic N) is 4. The highest BCUT2D eigenvalue weighted by Gasteiger charge is 2.26. The van der Waals surface area contributed by atoms with E-state index in [9.17, 15) is 4.79 Å². The Morgan fingerprint density at radius 1 is 0.943 bits per heavy atom. The van der Waals surface area contributed by atoms with Gasteiger partial charge in [-0.3, -0.25) is 4.79 Å². The Hall–Kier alpha value is -5.03. The highest BCUT2D eigenvalue weighted by Crippen LogP contribution is 2.35. The Morgan fingerprint density at radius 2 is 1.60 bits per heavy atom. The lowest BCUT2D eigenvalue weighted by molar-refractivity contribution is 0.100. The third-order valence-electron chi connectivity index (χ3n) is 11.2. The number of hydrogen-bond acceptors (Lipinski definition) is 5. The third-order valence-corrected chi connectivity index (χ3v) is 11.2. The van der Waals surface area contributed by atoms with Gasteiger partial charge in [0, 0.05) is 66.9 Å². The summed E-state index contributed by atoms with van der Waals surface area (Å²) < 4.78 is 0. The molecule has 0 radical (unpaired) electrons. The molecule has 1 saturated heterocycles. The van der Waals surface area contributed by atoms with Gasteiger partial charge in [-0.1, -0.05) is 99.3 Å². The van der Waals surface area contributed by atoms with E-state index >= 15 is 0 Å². The van der Waals surface area contributed by atoms with Crippen molar-refractivity contribution in [1.29, 1.82) is 0 Å². The number of carbonyl (C=O) groups is 1. The fourth-order valence-corrected chi connectivity index (χ4v) is 7.54. The van der Waals surface area contributed by atoms with Crippen molar-refractivity contribution in [2.45, 2.75) is 96.6 Å². The number of aromatic nitrogens is 2. The lowest BCUT2D eigenvalue weighted by Crippen LogP contribution is -2.30. The predicted molar refractivity (Wildman–Crippen MR) is 225 cm³/mol. The van der Waals surface area contributed by atoms with Crippen LogP contribution in [0.3, 0.4) is 0 Å². The van der Waals surface area contributed by atoms with Crippen LogP contribution in [0.2, 0.25) is 0 Å². The summed E-state index contributed by atoms with van der Waals surface area (Å²) in [6.45, 7) is 26.1. The molecule has 0 amide bonds. The normalized spacial score (nSPS) is 14.8. The average molecular weight is 707 g/mol. The van der Waals surface area contributed by atoms with Gasteiger partial charge >= 0.3 is 0 Å². The van der Waals surface area contributed by atoms with E-state index in [1.807, 2.05) is 18.2 Å². The van der Waals surface area contributed by atoms with Crippen molar-refractivity contribution in [1.82, 2.24) is 14.9 Å². The number of aryl methyl sites for hydroxylation is 3. The van der Waals surface area contributed by atoms with Crippen molar-refractivity contribution >= 4 is 23.2 Å². The quantitative estimate of drug-likeness (QED) is 0.0761. The van der Waals surface area contributed by atoms with Gasteiger partial charge in [-0.05, 0) is 104 Å². The van der Waals surface area contributed by atoms with E-state index in [0.29, 0.717) is 6.04 Å². The Kier molecular flexibility index (Phi) is 13.1. The van der Waals surface area contributed by atoms with Crippen LogP contribution in [0.1, 0.15) is 109 Å². The van der Waals surface area contributed by atoms with Gasteiger partial charge in [0.15, 0.2) is 11.6 Å².